The SMILES string of the molecule is O=C(Nc1sc2c(c1C(=O)NN=Cc1ccc(Cl)c(C(F)(F)F)c1)CCC2)c1cccc(CN2CCC(CO)CC2)c1. The standard InChI is InChI=1S/C30H30ClF3N4O3S/c31-24-8-7-19(14-23(24)30(32,33)34)15-35-37-28(41)26-22-5-2-6-25(22)42-29(26)36-27(40)21-4-1-3-20(13-21)16-38-11-9-18(17-39)10-12-38/h1,3-4,7-8,13-15,18,39H,2,5-6,9-12,16-17H2,(H,36,40)(H,37,41). The van der Waals surface area contributed by atoms with Crippen molar-refractivity contribution < 1.29 is 27.9 Å². The highest BCUT2D eigenvalue weighted by atomic mass is 35.5. The fraction of sp³-hybridized carbons (Fsp3) is 0.367. The van der Waals surface area contributed by atoms with Crippen molar-refractivity contribution in [1.82, 2.24) is 10.3 Å². The molecule has 222 valence electrons. The number of hydrazone groups is 1. The molecule has 2 amide bonds. The Hall–Kier alpha value is -3.25. The Kier molecular flexibility index (Phi) is 9.32. The Balaban J connectivity index is 1.28. The Morgan fingerprint density at radius 3 is 2.64 bits per heavy atom. The van der Waals surface area contributed by atoms with Crippen LogP contribution in [-0.2, 0) is 25.6 Å². The van der Waals surface area contributed by atoms with Gasteiger partial charge >= 0.3 is 6.18 Å². The highest BCUT2D eigenvalue weighted by Crippen LogP contribution is 2.39. The number of aliphatic hydroxyl groups is 1. The fourth-order valence-electron chi connectivity index (χ4n) is 5.37. The number of rotatable bonds is 8. The van der Waals surface area contributed by atoms with Crippen LogP contribution >= 0.6 is 22.9 Å². The number of hydrogen-bond acceptors (Lipinski definition) is 6. The Morgan fingerprint density at radius 1 is 1.12 bits per heavy atom. The number of benzene rings is 2. The van der Waals surface area contributed by atoms with Gasteiger partial charge in [-0.1, -0.05) is 29.8 Å². The number of piperidine rings is 1. The third-order valence-electron chi connectivity index (χ3n) is 7.61. The van der Waals surface area contributed by atoms with Crippen molar-refractivity contribution in [1.29, 1.82) is 0 Å². The van der Waals surface area contributed by atoms with Crippen molar-refractivity contribution in [3.05, 3.63) is 85.7 Å². The van der Waals surface area contributed by atoms with Crippen LogP contribution in [0.25, 0.3) is 0 Å². The molecule has 0 bridgehead atoms. The average molecular weight is 619 g/mol. The van der Waals surface area contributed by atoms with Gasteiger partial charge in [-0.3, -0.25) is 14.5 Å². The number of aryl methyl sites for hydroxylation is 1. The summed E-state index contributed by atoms with van der Waals surface area (Å²) in [5, 5.41) is 16.1. The first-order valence-corrected chi connectivity index (χ1v) is 14.9. The molecular formula is C30H30ClF3N4O3S. The molecule has 0 atom stereocenters. The largest absolute Gasteiger partial charge is 0.417 e. The Bertz CT molecular complexity index is 1500. The molecule has 1 aromatic heterocycles. The maximum absolute atomic E-state index is 13.3. The first-order chi connectivity index (χ1) is 20.1. The lowest BCUT2D eigenvalue weighted by Gasteiger charge is -2.31. The fourth-order valence-corrected chi connectivity index (χ4v) is 6.87. The molecule has 2 aromatic carbocycles. The predicted molar refractivity (Wildman–Crippen MR) is 157 cm³/mol. The Morgan fingerprint density at radius 2 is 1.90 bits per heavy atom. The average Bonchev–Trinajstić information content (AvgIpc) is 3.55. The van der Waals surface area contributed by atoms with E-state index in [2.05, 4.69) is 20.7 Å². The zero-order valence-corrected chi connectivity index (χ0v) is 24.2. The number of likely N-dealkylation sites (tertiary alicyclic amines) is 1. The molecule has 3 N–H and O–H groups in total. The number of fused-ring (bicyclic) bond motifs is 1. The van der Waals surface area contributed by atoms with Gasteiger partial charge in [0.15, 0.2) is 0 Å². The molecule has 42 heavy (non-hydrogen) atoms. The highest BCUT2D eigenvalue weighted by molar-refractivity contribution is 7.17. The lowest BCUT2D eigenvalue weighted by molar-refractivity contribution is -0.137. The number of nitrogens with zero attached hydrogens (tertiary/aromatic N) is 2. The van der Waals surface area contributed by atoms with E-state index >= 15 is 0 Å². The number of nitrogens with one attached hydrogen (secondary N) is 2. The molecule has 1 aliphatic heterocycles. The number of anilines is 1. The zero-order chi connectivity index (χ0) is 29.9. The van der Waals surface area contributed by atoms with Gasteiger partial charge < -0.3 is 10.4 Å². The van der Waals surface area contributed by atoms with Gasteiger partial charge in [0, 0.05) is 23.6 Å². The molecule has 0 spiro atoms. The van der Waals surface area contributed by atoms with Crippen molar-refractivity contribution in [2.24, 2.45) is 11.0 Å². The summed E-state index contributed by atoms with van der Waals surface area (Å²) in [7, 11) is 0. The van der Waals surface area contributed by atoms with Crippen molar-refractivity contribution in [3.63, 3.8) is 0 Å². The number of hydrogen-bond donors (Lipinski definition) is 3. The number of halogens is 4. The minimum absolute atomic E-state index is 0.119. The summed E-state index contributed by atoms with van der Waals surface area (Å²) in [6.45, 7) is 2.71. The van der Waals surface area contributed by atoms with E-state index in [1.165, 1.54) is 17.4 Å². The van der Waals surface area contributed by atoms with Crippen LogP contribution in [0.3, 0.4) is 0 Å². The van der Waals surface area contributed by atoms with Gasteiger partial charge in [0.25, 0.3) is 11.8 Å². The van der Waals surface area contributed by atoms with Gasteiger partial charge in [-0.2, -0.15) is 18.3 Å². The molecule has 0 unspecified atom stereocenters. The maximum Gasteiger partial charge on any atom is 0.417 e. The van der Waals surface area contributed by atoms with E-state index in [1.54, 1.807) is 6.07 Å². The minimum Gasteiger partial charge on any atom is -0.396 e. The van der Waals surface area contributed by atoms with E-state index in [9.17, 15) is 27.9 Å². The Labute approximate surface area is 250 Å². The lowest BCUT2D eigenvalue weighted by atomic mass is 9.97. The van der Waals surface area contributed by atoms with Crippen molar-refractivity contribution in [2.75, 3.05) is 25.0 Å². The molecule has 5 rings (SSSR count). The monoisotopic (exact) mass is 618 g/mol. The second-order valence-electron chi connectivity index (χ2n) is 10.6. The van der Waals surface area contributed by atoms with Crippen LogP contribution in [0.2, 0.25) is 5.02 Å². The quantitative estimate of drug-likeness (QED) is 0.209. The first kappa shape index (κ1) is 30.2. The van der Waals surface area contributed by atoms with Crippen molar-refractivity contribution in [3.8, 4) is 0 Å². The summed E-state index contributed by atoms with van der Waals surface area (Å²) in [6, 6.07) is 10.7. The summed E-state index contributed by atoms with van der Waals surface area (Å²) < 4.78 is 39.5. The van der Waals surface area contributed by atoms with Gasteiger partial charge in [-0.15, -0.1) is 11.3 Å². The van der Waals surface area contributed by atoms with Gasteiger partial charge in [-0.05, 0) is 92.1 Å². The molecule has 2 aliphatic rings. The van der Waals surface area contributed by atoms with Gasteiger partial charge in [-0.25, -0.2) is 5.43 Å². The first-order valence-electron chi connectivity index (χ1n) is 13.7. The number of aliphatic hydroxyl groups excluding tert-OH is 1. The van der Waals surface area contributed by atoms with E-state index in [0.717, 1.165) is 73.1 Å². The summed E-state index contributed by atoms with van der Waals surface area (Å²) in [5.74, 6) is -0.539. The number of carbonyl (C=O) groups excluding carboxylic acids is 2. The van der Waals surface area contributed by atoms with Crippen LogP contribution in [0, 0.1) is 5.92 Å². The molecule has 0 radical (unpaired) electrons. The summed E-state index contributed by atoms with van der Waals surface area (Å²) in [6.07, 6.45) is 0.765. The van der Waals surface area contributed by atoms with Crippen LogP contribution in [0.4, 0.5) is 18.2 Å². The van der Waals surface area contributed by atoms with Gasteiger partial charge in [0.1, 0.15) is 5.00 Å². The number of thiophene rings is 1. The molecular weight excluding hydrogens is 589 g/mol. The van der Waals surface area contributed by atoms with E-state index in [1.807, 2.05) is 18.2 Å². The molecule has 1 aliphatic carbocycles. The molecule has 12 heteroatoms. The topological polar surface area (TPSA) is 94.0 Å². The normalized spacial score (nSPS) is 16.1. The molecule has 3 aromatic rings. The second kappa shape index (κ2) is 12.9. The molecule has 0 saturated carbocycles. The number of amides is 2. The third-order valence-corrected chi connectivity index (χ3v) is 9.15. The van der Waals surface area contributed by atoms with Crippen molar-refractivity contribution in [2.45, 2.75) is 44.8 Å². The molecule has 2 heterocycles. The summed E-state index contributed by atoms with van der Waals surface area (Å²) in [4.78, 5) is 29.8. The van der Waals surface area contributed by atoms with Crippen LogP contribution in [0.1, 0.15) is 67.1 Å². The lowest BCUT2D eigenvalue weighted by Crippen LogP contribution is -2.34. The molecule has 1 saturated heterocycles. The van der Waals surface area contributed by atoms with E-state index < -0.39 is 22.7 Å². The van der Waals surface area contributed by atoms with E-state index in [-0.39, 0.29) is 18.1 Å². The van der Waals surface area contributed by atoms with Crippen LogP contribution in [-0.4, -0.2) is 47.7 Å². The second-order valence-corrected chi connectivity index (χ2v) is 12.1. The minimum atomic E-state index is -4.62. The van der Waals surface area contributed by atoms with Crippen molar-refractivity contribution >= 4 is 46.0 Å². The zero-order valence-electron chi connectivity index (χ0n) is 22.6. The molecule has 1 fully saturated rings. The number of carbonyl (C=O) groups is 2. The molecule has 7 nitrogen and oxygen atoms in total. The summed E-state index contributed by atoms with van der Waals surface area (Å²) >= 11 is 7.03. The maximum atomic E-state index is 13.3. The smallest absolute Gasteiger partial charge is 0.396 e. The van der Waals surface area contributed by atoms with E-state index in [0.29, 0.717) is 35.0 Å². The predicted octanol–water partition coefficient (Wildman–Crippen LogP) is 6.13. The van der Waals surface area contributed by atoms with E-state index in [4.69, 9.17) is 11.6 Å². The summed E-state index contributed by atoms with van der Waals surface area (Å²) in [5.41, 5.74) is 4.19. The van der Waals surface area contributed by atoms with Gasteiger partial charge in [0.05, 0.1) is 22.4 Å². The van der Waals surface area contributed by atoms with Gasteiger partial charge in [0.2, 0.25) is 0 Å². The van der Waals surface area contributed by atoms with Crippen LogP contribution in [0.15, 0.2) is 47.6 Å². The van der Waals surface area contributed by atoms with Crippen LogP contribution < -0.4 is 10.7 Å². The third kappa shape index (κ3) is 7.03. The highest BCUT2D eigenvalue weighted by Gasteiger charge is 2.33. The van der Waals surface area contributed by atoms with Crippen LogP contribution in [0.5, 0.6) is 0 Å². The number of alkyl halides is 3.